The van der Waals surface area contributed by atoms with Gasteiger partial charge in [0.2, 0.25) is 0 Å². The molecule has 1 saturated carbocycles. The Hall–Kier alpha value is -0.770. The number of aliphatic imine (C=N–C) groups is 1. The minimum absolute atomic E-state index is 0.0495. The van der Waals surface area contributed by atoms with Crippen molar-refractivity contribution < 1.29 is 5.11 Å². The van der Waals surface area contributed by atoms with E-state index in [4.69, 9.17) is 10.8 Å². The van der Waals surface area contributed by atoms with E-state index in [2.05, 4.69) is 10.3 Å². The Balaban J connectivity index is 2.43. The zero-order valence-electron chi connectivity index (χ0n) is 9.08. The van der Waals surface area contributed by atoms with E-state index in [1.54, 1.807) is 0 Å². The van der Waals surface area contributed by atoms with Gasteiger partial charge in [0.05, 0.1) is 18.2 Å². The molecule has 0 amide bonds. The molecule has 4 nitrogen and oxygen atoms in total. The minimum Gasteiger partial charge on any atom is -0.394 e. The first-order chi connectivity index (χ1) is 6.53. The van der Waals surface area contributed by atoms with Gasteiger partial charge in [0.25, 0.3) is 0 Å². The lowest BCUT2D eigenvalue weighted by Crippen LogP contribution is -2.49. The average molecular weight is 199 g/mol. The predicted molar refractivity (Wildman–Crippen MR) is 58.2 cm³/mol. The van der Waals surface area contributed by atoms with Gasteiger partial charge in [0.15, 0.2) is 5.96 Å². The lowest BCUT2D eigenvalue weighted by atomic mass is 10.1. The summed E-state index contributed by atoms with van der Waals surface area (Å²) in [6, 6.07) is 0.386. The summed E-state index contributed by atoms with van der Waals surface area (Å²) in [5.41, 5.74) is 5.36. The van der Waals surface area contributed by atoms with Crippen molar-refractivity contribution in [1.82, 2.24) is 5.32 Å². The highest BCUT2D eigenvalue weighted by atomic mass is 16.3. The molecule has 0 unspecified atom stereocenters. The molecule has 1 fully saturated rings. The molecule has 0 saturated heterocycles. The zero-order chi connectivity index (χ0) is 10.6. The molecule has 0 heterocycles. The molecule has 0 aromatic heterocycles. The SMILES string of the molecule is CC(C)(CO)NC(N)=NC1CCCC1. The summed E-state index contributed by atoms with van der Waals surface area (Å²) >= 11 is 0. The molecule has 82 valence electrons. The summed E-state index contributed by atoms with van der Waals surface area (Å²) in [6.45, 7) is 3.84. The van der Waals surface area contributed by atoms with E-state index in [1.807, 2.05) is 13.8 Å². The first-order valence-electron chi connectivity index (χ1n) is 5.26. The Bertz CT molecular complexity index is 207. The molecular formula is C10H21N3O. The lowest BCUT2D eigenvalue weighted by molar-refractivity contribution is 0.206. The molecule has 4 N–H and O–H groups in total. The minimum atomic E-state index is -0.383. The number of aliphatic hydroxyl groups is 1. The largest absolute Gasteiger partial charge is 0.394 e. The maximum atomic E-state index is 9.03. The van der Waals surface area contributed by atoms with Crippen molar-refractivity contribution in [3.63, 3.8) is 0 Å². The second kappa shape index (κ2) is 4.64. The lowest BCUT2D eigenvalue weighted by Gasteiger charge is -2.24. The van der Waals surface area contributed by atoms with Crippen LogP contribution in [0.25, 0.3) is 0 Å². The van der Waals surface area contributed by atoms with Gasteiger partial charge in [-0.3, -0.25) is 4.99 Å². The Morgan fingerprint density at radius 3 is 2.57 bits per heavy atom. The van der Waals surface area contributed by atoms with E-state index < -0.39 is 0 Å². The van der Waals surface area contributed by atoms with Crippen molar-refractivity contribution in [3.8, 4) is 0 Å². The van der Waals surface area contributed by atoms with Gasteiger partial charge in [-0.15, -0.1) is 0 Å². The van der Waals surface area contributed by atoms with Crippen LogP contribution in [0.15, 0.2) is 4.99 Å². The predicted octanol–water partition coefficient (Wildman–Crippen LogP) is 0.604. The third-order valence-corrected chi connectivity index (χ3v) is 2.51. The van der Waals surface area contributed by atoms with Crippen LogP contribution in [0.2, 0.25) is 0 Å². The maximum absolute atomic E-state index is 9.03. The third kappa shape index (κ3) is 3.54. The number of nitrogens with zero attached hydrogens (tertiary/aromatic N) is 1. The topological polar surface area (TPSA) is 70.6 Å². The Morgan fingerprint density at radius 2 is 2.07 bits per heavy atom. The highest BCUT2D eigenvalue weighted by Gasteiger charge is 2.18. The number of hydrogen-bond donors (Lipinski definition) is 3. The number of nitrogens with two attached hydrogens (primary N) is 1. The molecule has 0 aromatic carbocycles. The number of aliphatic hydroxyl groups excluding tert-OH is 1. The summed E-state index contributed by atoms with van der Waals surface area (Å²) in [7, 11) is 0. The van der Waals surface area contributed by atoms with Crippen LogP contribution in [0.4, 0.5) is 0 Å². The van der Waals surface area contributed by atoms with Crippen LogP contribution >= 0.6 is 0 Å². The number of guanidine groups is 1. The number of rotatable bonds is 3. The van der Waals surface area contributed by atoms with Crippen LogP contribution in [-0.4, -0.2) is 29.3 Å². The Kier molecular flexibility index (Phi) is 3.75. The molecule has 1 rings (SSSR count). The summed E-state index contributed by atoms with van der Waals surface area (Å²) in [4.78, 5) is 4.38. The second-order valence-electron chi connectivity index (χ2n) is 4.62. The van der Waals surface area contributed by atoms with E-state index in [9.17, 15) is 0 Å². The first kappa shape index (κ1) is 11.3. The highest BCUT2D eigenvalue weighted by molar-refractivity contribution is 5.78. The van der Waals surface area contributed by atoms with Crippen molar-refractivity contribution in [2.45, 2.75) is 51.1 Å². The van der Waals surface area contributed by atoms with Crippen molar-refractivity contribution in [2.75, 3.05) is 6.61 Å². The fourth-order valence-electron chi connectivity index (χ4n) is 1.65. The normalized spacial score (nSPS) is 20.1. The molecule has 4 heteroatoms. The van der Waals surface area contributed by atoms with Crippen LogP contribution < -0.4 is 11.1 Å². The van der Waals surface area contributed by atoms with Crippen LogP contribution in [0.3, 0.4) is 0 Å². The fraction of sp³-hybridized carbons (Fsp3) is 0.900. The summed E-state index contributed by atoms with van der Waals surface area (Å²) < 4.78 is 0. The van der Waals surface area contributed by atoms with Gasteiger partial charge in [-0.1, -0.05) is 12.8 Å². The summed E-state index contributed by atoms with van der Waals surface area (Å²) in [5.74, 6) is 0.455. The first-order valence-corrected chi connectivity index (χ1v) is 5.26. The van der Waals surface area contributed by atoms with E-state index in [0.717, 1.165) is 12.8 Å². The molecule has 1 aliphatic carbocycles. The van der Waals surface area contributed by atoms with Crippen molar-refractivity contribution in [3.05, 3.63) is 0 Å². The molecule has 0 spiro atoms. The number of hydrogen-bond acceptors (Lipinski definition) is 2. The van der Waals surface area contributed by atoms with Gasteiger partial charge in [-0.05, 0) is 26.7 Å². The monoisotopic (exact) mass is 199 g/mol. The van der Waals surface area contributed by atoms with E-state index >= 15 is 0 Å². The molecule has 14 heavy (non-hydrogen) atoms. The Labute approximate surface area is 85.6 Å². The Morgan fingerprint density at radius 1 is 1.50 bits per heavy atom. The smallest absolute Gasteiger partial charge is 0.189 e. The molecule has 0 aromatic rings. The molecule has 0 radical (unpaired) electrons. The molecule has 1 aliphatic rings. The van der Waals surface area contributed by atoms with Crippen molar-refractivity contribution in [2.24, 2.45) is 10.7 Å². The standard InChI is InChI=1S/C10H21N3O/c1-10(2,7-14)13-9(11)12-8-5-3-4-6-8/h8,14H,3-7H2,1-2H3,(H3,11,12,13). The van der Waals surface area contributed by atoms with Gasteiger partial charge >= 0.3 is 0 Å². The third-order valence-electron chi connectivity index (χ3n) is 2.51. The van der Waals surface area contributed by atoms with Crippen LogP contribution in [0.5, 0.6) is 0 Å². The van der Waals surface area contributed by atoms with Crippen molar-refractivity contribution >= 4 is 5.96 Å². The highest BCUT2D eigenvalue weighted by Crippen LogP contribution is 2.20. The van der Waals surface area contributed by atoms with Gasteiger partial charge in [0, 0.05) is 0 Å². The molecule has 0 aliphatic heterocycles. The van der Waals surface area contributed by atoms with Gasteiger partial charge < -0.3 is 16.2 Å². The van der Waals surface area contributed by atoms with Crippen LogP contribution in [0, 0.1) is 0 Å². The quantitative estimate of drug-likeness (QED) is 0.460. The zero-order valence-corrected chi connectivity index (χ0v) is 9.08. The average Bonchev–Trinajstić information content (AvgIpc) is 2.55. The van der Waals surface area contributed by atoms with Crippen LogP contribution in [0.1, 0.15) is 39.5 Å². The van der Waals surface area contributed by atoms with Crippen LogP contribution in [-0.2, 0) is 0 Å². The van der Waals surface area contributed by atoms with E-state index in [1.165, 1.54) is 12.8 Å². The van der Waals surface area contributed by atoms with Gasteiger partial charge in [0.1, 0.15) is 0 Å². The molecule has 0 atom stereocenters. The fourth-order valence-corrected chi connectivity index (χ4v) is 1.65. The van der Waals surface area contributed by atoms with Gasteiger partial charge in [-0.2, -0.15) is 0 Å². The molecule has 0 bridgehead atoms. The maximum Gasteiger partial charge on any atom is 0.189 e. The second-order valence-corrected chi connectivity index (χ2v) is 4.62. The summed E-state index contributed by atoms with van der Waals surface area (Å²) in [6.07, 6.45) is 4.79. The summed E-state index contributed by atoms with van der Waals surface area (Å²) in [5, 5.41) is 12.0. The van der Waals surface area contributed by atoms with Crippen molar-refractivity contribution in [1.29, 1.82) is 0 Å². The van der Waals surface area contributed by atoms with E-state index in [0.29, 0.717) is 12.0 Å². The van der Waals surface area contributed by atoms with Gasteiger partial charge in [-0.25, -0.2) is 0 Å². The van der Waals surface area contributed by atoms with E-state index in [-0.39, 0.29) is 12.1 Å². The molecular weight excluding hydrogens is 178 g/mol. The number of nitrogens with one attached hydrogen (secondary N) is 1.